The van der Waals surface area contributed by atoms with Crippen molar-refractivity contribution in [3.63, 3.8) is 0 Å². The van der Waals surface area contributed by atoms with Crippen molar-refractivity contribution in [1.29, 1.82) is 0 Å². The summed E-state index contributed by atoms with van der Waals surface area (Å²) in [5.74, 6) is -0.239. The van der Waals surface area contributed by atoms with E-state index in [1.165, 1.54) is 6.07 Å². The Morgan fingerprint density at radius 2 is 2.20 bits per heavy atom. The Bertz CT molecular complexity index is 479. The highest BCUT2D eigenvalue weighted by atomic mass is 79.9. The maximum atomic E-state index is 13.2. The molecule has 0 radical (unpaired) electrons. The van der Waals surface area contributed by atoms with Crippen LogP contribution in [0.3, 0.4) is 0 Å². The van der Waals surface area contributed by atoms with Gasteiger partial charge in [0.1, 0.15) is 5.82 Å². The largest absolute Gasteiger partial charge is 0.268 e. The molecule has 78 valence electrons. The Kier molecular flexibility index (Phi) is 2.86. The number of hydrogen-bond donors (Lipinski definition) is 0. The molecule has 2 rings (SSSR count). The average molecular weight is 269 g/mol. The molecule has 0 fully saturated rings. The monoisotopic (exact) mass is 268 g/mol. The number of benzene rings is 1. The number of hydrogen-bond acceptors (Lipinski definition) is 1. The van der Waals surface area contributed by atoms with E-state index in [9.17, 15) is 4.39 Å². The van der Waals surface area contributed by atoms with Gasteiger partial charge in [-0.05, 0) is 40.5 Å². The van der Waals surface area contributed by atoms with Gasteiger partial charge in [0.25, 0.3) is 0 Å². The number of nitrogens with zero attached hydrogens (tertiary/aromatic N) is 2. The standard InChI is InChI=1S/C11H10BrFN2/c1-8-5-6-15(14-8)7-9-3-2-4-10(13)11(9)12/h2-6H,7H2,1H3. The molecule has 1 aromatic carbocycles. The molecule has 4 heteroatoms. The zero-order valence-corrected chi connectivity index (χ0v) is 9.83. The van der Waals surface area contributed by atoms with Crippen LogP contribution < -0.4 is 0 Å². The van der Waals surface area contributed by atoms with Crippen LogP contribution in [0.25, 0.3) is 0 Å². The highest BCUT2D eigenvalue weighted by Crippen LogP contribution is 2.20. The van der Waals surface area contributed by atoms with Crippen LogP contribution in [0.5, 0.6) is 0 Å². The molecule has 0 saturated heterocycles. The van der Waals surface area contributed by atoms with E-state index in [1.807, 2.05) is 25.3 Å². The number of halogens is 2. The molecule has 0 unspecified atom stereocenters. The van der Waals surface area contributed by atoms with Crippen LogP contribution in [0.2, 0.25) is 0 Å². The molecule has 1 aromatic heterocycles. The van der Waals surface area contributed by atoms with Crippen LogP contribution in [0, 0.1) is 12.7 Å². The minimum Gasteiger partial charge on any atom is -0.268 e. The predicted octanol–water partition coefficient (Wildman–Crippen LogP) is 3.14. The quantitative estimate of drug-likeness (QED) is 0.819. The first-order valence-electron chi connectivity index (χ1n) is 4.60. The predicted molar refractivity (Wildman–Crippen MR) is 60.2 cm³/mol. The second-order valence-electron chi connectivity index (χ2n) is 3.37. The van der Waals surface area contributed by atoms with E-state index in [0.717, 1.165) is 11.3 Å². The first-order valence-corrected chi connectivity index (χ1v) is 5.39. The highest BCUT2D eigenvalue weighted by molar-refractivity contribution is 9.10. The van der Waals surface area contributed by atoms with Crippen molar-refractivity contribution in [3.05, 3.63) is 52.0 Å². The maximum absolute atomic E-state index is 13.2. The van der Waals surface area contributed by atoms with Crippen molar-refractivity contribution >= 4 is 15.9 Å². The van der Waals surface area contributed by atoms with Gasteiger partial charge in [-0.1, -0.05) is 12.1 Å². The fraction of sp³-hybridized carbons (Fsp3) is 0.182. The fourth-order valence-corrected chi connectivity index (χ4v) is 1.79. The van der Waals surface area contributed by atoms with Crippen molar-refractivity contribution in [1.82, 2.24) is 9.78 Å². The van der Waals surface area contributed by atoms with Gasteiger partial charge in [0.05, 0.1) is 16.7 Å². The highest BCUT2D eigenvalue weighted by Gasteiger charge is 2.05. The molecule has 0 saturated carbocycles. The maximum Gasteiger partial charge on any atom is 0.137 e. The summed E-state index contributed by atoms with van der Waals surface area (Å²) in [6, 6.07) is 6.94. The van der Waals surface area contributed by atoms with E-state index in [1.54, 1.807) is 10.7 Å². The third kappa shape index (κ3) is 2.26. The van der Waals surface area contributed by atoms with Crippen molar-refractivity contribution in [3.8, 4) is 0 Å². The van der Waals surface area contributed by atoms with Gasteiger partial charge in [-0.25, -0.2) is 4.39 Å². The third-order valence-corrected chi connectivity index (χ3v) is 3.03. The van der Waals surface area contributed by atoms with Gasteiger partial charge in [0.15, 0.2) is 0 Å². The Labute approximate surface area is 95.9 Å². The Balaban J connectivity index is 2.28. The molecule has 0 aliphatic rings. The lowest BCUT2D eigenvalue weighted by Gasteiger charge is -2.05. The fourth-order valence-electron chi connectivity index (χ4n) is 1.40. The van der Waals surface area contributed by atoms with Crippen LogP contribution in [-0.2, 0) is 6.54 Å². The SMILES string of the molecule is Cc1ccn(Cc2cccc(F)c2Br)n1. The van der Waals surface area contributed by atoms with Gasteiger partial charge in [-0.15, -0.1) is 0 Å². The van der Waals surface area contributed by atoms with Gasteiger partial charge in [0, 0.05) is 6.20 Å². The number of aryl methyl sites for hydroxylation is 1. The van der Waals surface area contributed by atoms with Gasteiger partial charge in [-0.3, -0.25) is 4.68 Å². The minimum atomic E-state index is -0.239. The van der Waals surface area contributed by atoms with Crippen LogP contribution in [0.4, 0.5) is 4.39 Å². The Hall–Kier alpha value is -1.16. The summed E-state index contributed by atoms with van der Waals surface area (Å²) in [6.45, 7) is 2.50. The van der Waals surface area contributed by atoms with Crippen molar-refractivity contribution in [2.24, 2.45) is 0 Å². The zero-order valence-electron chi connectivity index (χ0n) is 8.24. The number of rotatable bonds is 2. The molecule has 2 nitrogen and oxygen atoms in total. The lowest BCUT2D eigenvalue weighted by Crippen LogP contribution is -2.01. The van der Waals surface area contributed by atoms with Crippen LogP contribution in [0.15, 0.2) is 34.9 Å². The second kappa shape index (κ2) is 4.14. The molecule has 0 aliphatic carbocycles. The van der Waals surface area contributed by atoms with E-state index in [2.05, 4.69) is 21.0 Å². The first kappa shape index (κ1) is 10.4. The van der Waals surface area contributed by atoms with Crippen molar-refractivity contribution in [2.75, 3.05) is 0 Å². The normalized spacial score (nSPS) is 10.6. The molecule has 2 aromatic rings. The van der Waals surface area contributed by atoms with Crippen molar-refractivity contribution in [2.45, 2.75) is 13.5 Å². The average Bonchev–Trinajstić information content (AvgIpc) is 2.59. The lowest BCUT2D eigenvalue weighted by molar-refractivity contribution is 0.610. The molecule has 0 aliphatic heterocycles. The first-order chi connectivity index (χ1) is 7.16. The smallest absolute Gasteiger partial charge is 0.137 e. The van der Waals surface area contributed by atoms with Crippen LogP contribution in [0.1, 0.15) is 11.3 Å². The van der Waals surface area contributed by atoms with Gasteiger partial charge >= 0.3 is 0 Å². The molecular weight excluding hydrogens is 259 g/mol. The Morgan fingerprint density at radius 3 is 2.87 bits per heavy atom. The summed E-state index contributed by atoms with van der Waals surface area (Å²) >= 11 is 3.23. The van der Waals surface area contributed by atoms with E-state index < -0.39 is 0 Å². The van der Waals surface area contributed by atoms with E-state index in [4.69, 9.17) is 0 Å². The molecule has 0 bridgehead atoms. The number of aromatic nitrogens is 2. The molecule has 0 amide bonds. The minimum absolute atomic E-state index is 0.239. The molecule has 15 heavy (non-hydrogen) atoms. The lowest BCUT2D eigenvalue weighted by atomic mass is 10.2. The summed E-state index contributed by atoms with van der Waals surface area (Å²) < 4.78 is 15.5. The van der Waals surface area contributed by atoms with Crippen LogP contribution >= 0.6 is 15.9 Å². The van der Waals surface area contributed by atoms with Gasteiger partial charge in [0.2, 0.25) is 0 Å². The van der Waals surface area contributed by atoms with Crippen molar-refractivity contribution < 1.29 is 4.39 Å². The van der Waals surface area contributed by atoms with E-state index in [0.29, 0.717) is 11.0 Å². The topological polar surface area (TPSA) is 17.8 Å². The molecular formula is C11H10BrFN2. The van der Waals surface area contributed by atoms with E-state index >= 15 is 0 Å². The molecule has 1 heterocycles. The Morgan fingerprint density at radius 1 is 1.40 bits per heavy atom. The second-order valence-corrected chi connectivity index (χ2v) is 4.16. The molecule has 0 spiro atoms. The molecule has 0 atom stereocenters. The van der Waals surface area contributed by atoms with Crippen LogP contribution in [-0.4, -0.2) is 9.78 Å². The summed E-state index contributed by atoms with van der Waals surface area (Å²) in [4.78, 5) is 0. The summed E-state index contributed by atoms with van der Waals surface area (Å²) in [7, 11) is 0. The summed E-state index contributed by atoms with van der Waals surface area (Å²) in [5, 5.41) is 4.25. The third-order valence-electron chi connectivity index (χ3n) is 2.14. The van der Waals surface area contributed by atoms with Gasteiger partial charge in [-0.2, -0.15) is 5.10 Å². The summed E-state index contributed by atoms with van der Waals surface area (Å²) in [6.07, 6.45) is 1.88. The van der Waals surface area contributed by atoms with E-state index in [-0.39, 0.29) is 5.82 Å². The molecule has 0 N–H and O–H groups in total. The summed E-state index contributed by atoms with van der Waals surface area (Å²) in [5.41, 5.74) is 1.85. The van der Waals surface area contributed by atoms with Gasteiger partial charge < -0.3 is 0 Å². The zero-order chi connectivity index (χ0) is 10.8.